The van der Waals surface area contributed by atoms with Crippen LogP contribution in [0.2, 0.25) is 0 Å². The first kappa shape index (κ1) is 24.0. The van der Waals surface area contributed by atoms with Gasteiger partial charge in [0.2, 0.25) is 5.91 Å². The van der Waals surface area contributed by atoms with Crippen molar-refractivity contribution in [2.75, 3.05) is 17.2 Å². The minimum atomic E-state index is -0.435. The second-order valence-electron chi connectivity index (χ2n) is 9.54. The predicted molar refractivity (Wildman–Crippen MR) is 133 cm³/mol. The standard InChI is InChI=1S/C26H33N5O2/c1-16-8-10-20(18(3)12-16)28-25(33)27-15-24(32)29-23-14-22(26(5,6)7)30-31(23)21-11-9-17(2)13-19(21)4/h8-14H,15H2,1-7H3,(H,29,32)(H2,27,28,33). The lowest BCUT2D eigenvalue weighted by atomic mass is 9.92. The van der Waals surface area contributed by atoms with Gasteiger partial charge in [-0.3, -0.25) is 4.79 Å². The van der Waals surface area contributed by atoms with Crippen LogP contribution in [0.15, 0.2) is 42.5 Å². The van der Waals surface area contributed by atoms with E-state index in [0.29, 0.717) is 11.5 Å². The molecule has 0 aliphatic heterocycles. The summed E-state index contributed by atoms with van der Waals surface area (Å²) in [5.41, 5.74) is 6.57. The van der Waals surface area contributed by atoms with E-state index in [9.17, 15) is 9.59 Å². The van der Waals surface area contributed by atoms with Crippen molar-refractivity contribution in [1.29, 1.82) is 0 Å². The quantitative estimate of drug-likeness (QED) is 0.505. The number of hydrogen-bond acceptors (Lipinski definition) is 3. The van der Waals surface area contributed by atoms with Crippen LogP contribution in [0.1, 0.15) is 48.7 Å². The summed E-state index contributed by atoms with van der Waals surface area (Å²) in [7, 11) is 0. The van der Waals surface area contributed by atoms with Gasteiger partial charge >= 0.3 is 6.03 Å². The van der Waals surface area contributed by atoms with Crippen molar-refractivity contribution in [1.82, 2.24) is 15.1 Å². The summed E-state index contributed by atoms with van der Waals surface area (Å²) in [5, 5.41) is 13.1. The molecule has 3 aromatic rings. The fourth-order valence-electron chi connectivity index (χ4n) is 3.53. The van der Waals surface area contributed by atoms with Crippen LogP contribution in [-0.4, -0.2) is 28.3 Å². The smallest absolute Gasteiger partial charge is 0.319 e. The number of aromatic nitrogens is 2. The van der Waals surface area contributed by atoms with Gasteiger partial charge in [0, 0.05) is 17.2 Å². The Morgan fingerprint density at radius 3 is 2.12 bits per heavy atom. The molecule has 0 saturated carbocycles. The lowest BCUT2D eigenvalue weighted by Gasteiger charge is -2.14. The zero-order valence-electron chi connectivity index (χ0n) is 20.5. The Labute approximate surface area is 195 Å². The summed E-state index contributed by atoms with van der Waals surface area (Å²) in [5.74, 6) is 0.227. The van der Waals surface area contributed by atoms with E-state index in [2.05, 4.69) is 42.8 Å². The van der Waals surface area contributed by atoms with E-state index in [-0.39, 0.29) is 17.9 Å². The molecular weight excluding hydrogens is 414 g/mol. The Balaban J connectivity index is 1.73. The van der Waals surface area contributed by atoms with Crippen LogP contribution >= 0.6 is 0 Å². The second kappa shape index (κ2) is 9.48. The van der Waals surface area contributed by atoms with E-state index in [1.807, 2.05) is 64.1 Å². The number of urea groups is 1. The zero-order valence-corrected chi connectivity index (χ0v) is 20.5. The van der Waals surface area contributed by atoms with Gasteiger partial charge in [-0.05, 0) is 51.0 Å². The van der Waals surface area contributed by atoms with Crippen molar-refractivity contribution in [2.45, 2.75) is 53.9 Å². The summed E-state index contributed by atoms with van der Waals surface area (Å²) < 4.78 is 1.75. The molecule has 3 N–H and O–H groups in total. The van der Waals surface area contributed by atoms with Crippen LogP contribution in [0.3, 0.4) is 0 Å². The van der Waals surface area contributed by atoms with Crippen LogP contribution in [0.4, 0.5) is 16.3 Å². The van der Waals surface area contributed by atoms with Crippen molar-refractivity contribution in [2.24, 2.45) is 0 Å². The highest BCUT2D eigenvalue weighted by atomic mass is 16.2. The molecule has 33 heavy (non-hydrogen) atoms. The minimum Gasteiger partial charge on any atom is -0.329 e. The fourth-order valence-corrected chi connectivity index (χ4v) is 3.53. The average molecular weight is 448 g/mol. The molecule has 7 heteroatoms. The highest BCUT2D eigenvalue weighted by molar-refractivity contribution is 5.97. The number of hydrogen-bond donors (Lipinski definition) is 3. The molecule has 0 atom stereocenters. The third-order valence-corrected chi connectivity index (χ3v) is 5.37. The topological polar surface area (TPSA) is 88.1 Å². The Morgan fingerprint density at radius 1 is 0.879 bits per heavy atom. The van der Waals surface area contributed by atoms with Gasteiger partial charge in [0.25, 0.3) is 0 Å². The molecular formula is C26H33N5O2. The molecule has 0 aliphatic carbocycles. The summed E-state index contributed by atoms with van der Waals surface area (Å²) in [4.78, 5) is 25.0. The number of rotatable bonds is 5. The molecule has 0 radical (unpaired) electrons. The molecule has 0 bridgehead atoms. The van der Waals surface area contributed by atoms with Gasteiger partial charge in [0.05, 0.1) is 17.9 Å². The summed E-state index contributed by atoms with van der Waals surface area (Å²) in [6.07, 6.45) is 0. The number of nitrogens with zero attached hydrogens (tertiary/aromatic N) is 2. The first-order valence-electron chi connectivity index (χ1n) is 11.0. The maximum absolute atomic E-state index is 12.7. The van der Waals surface area contributed by atoms with Gasteiger partial charge in [-0.1, -0.05) is 56.2 Å². The van der Waals surface area contributed by atoms with E-state index >= 15 is 0 Å². The van der Waals surface area contributed by atoms with Crippen LogP contribution in [0, 0.1) is 27.7 Å². The molecule has 0 unspecified atom stereocenters. The van der Waals surface area contributed by atoms with E-state index in [1.54, 1.807) is 4.68 Å². The third-order valence-electron chi connectivity index (χ3n) is 5.37. The third kappa shape index (κ3) is 6.00. The second-order valence-corrected chi connectivity index (χ2v) is 9.54. The molecule has 0 spiro atoms. The normalized spacial score (nSPS) is 11.2. The van der Waals surface area contributed by atoms with Crippen LogP contribution in [-0.2, 0) is 10.2 Å². The van der Waals surface area contributed by atoms with Gasteiger partial charge < -0.3 is 16.0 Å². The van der Waals surface area contributed by atoms with Crippen molar-refractivity contribution >= 4 is 23.4 Å². The van der Waals surface area contributed by atoms with E-state index in [0.717, 1.165) is 33.6 Å². The molecule has 7 nitrogen and oxygen atoms in total. The minimum absolute atomic E-state index is 0.167. The monoisotopic (exact) mass is 447 g/mol. The molecule has 174 valence electrons. The van der Waals surface area contributed by atoms with Crippen molar-refractivity contribution in [3.63, 3.8) is 0 Å². The predicted octanol–water partition coefficient (Wildman–Crippen LogP) is 5.16. The van der Waals surface area contributed by atoms with Crippen LogP contribution in [0.5, 0.6) is 0 Å². The molecule has 0 aliphatic rings. The Bertz CT molecular complexity index is 1190. The lowest BCUT2D eigenvalue weighted by Crippen LogP contribution is -2.36. The number of carbonyl (C=O) groups excluding carboxylic acids is 2. The number of benzene rings is 2. The van der Waals surface area contributed by atoms with Gasteiger partial charge in [-0.15, -0.1) is 0 Å². The SMILES string of the molecule is Cc1ccc(NC(=O)NCC(=O)Nc2cc(C(C)(C)C)nn2-c2ccc(C)cc2C)c(C)c1. The van der Waals surface area contributed by atoms with Gasteiger partial charge in [-0.25, -0.2) is 9.48 Å². The molecule has 1 heterocycles. The Hall–Kier alpha value is -3.61. The van der Waals surface area contributed by atoms with E-state index < -0.39 is 6.03 Å². The maximum atomic E-state index is 12.7. The Kier molecular flexibility index (Phi) is 6.91. The van der Waals surface area contributed by atoms with Gasteiger partial charge in [-0.2, -0.15) is 5.10 Å². The molecule has 0 fully saturated rings. The first-order chi connectivity index (χ1) is 15.4. The zero-order chi connectivity index (χ0) is 24.3. The summed E-state index contributed by atoms with van der Waals surface area (Å²) >= 11 is 0. The number of nitrogens with one attached hydrogen (secondary N) is 3. The largest absolute Gasteiger partial charge is 0.329 e. The summed E-state index contributed by atoms with van der Waals surface area (Å²) in [6, 6.07) is 13.3. The highest BCUT2D eigenvalue weighted by Crippen LogP contribution is 2.27. The van der Waals surface area contributed by atoms with Gasteiger partial charge in [0.15, 0.2) is 0 Å². The number of amides is 3. The van der Waals surface area contributed by atoms with Crippen molar-refractivity contribution in [3.8, 4) is 5.69 Å². The maximum Gasteiger partial charge on any atom is 0.319 e. The Morgan fingerprint density at radius 2 is 1.52 bits per heavy atom. The fraction of sp³-hybridized carbons (Fsp3) is 0.346. The summed E-state index contributed by atoms with van der Waals surface area (Å²) in [6.45, 7) is 14.0. The molecule has 2 aromatic carbocycles. The van der Waals surface area contributed by atoms with E-state index in [1.165, 1.54) is 0 Å². The van der Waals surface area contributed by atoms with Crippen molar-refractivity contribution < 1.29 is 9.59 Å². The van der Waals surface area contributed by atoms with Crippen molar-refractivity contribution in [3.05, 3.63) is 70.4 Å². The molecule has 3 amide bonds. The lowest BCUT2D eigenvalue weighted by molar-refractivity contribution is -0.115. The average Bonchev–Trinajstić information content (AvgIpc) is 3.12. The van der Waals surface area contributed by atoms with Gasteiger partial charge in [0.1, 0.15) is 5.82 Å². The number of carbonyl (C=O) groups is 2. The van der Waals surface area contributed by atoms with E-state index in [4.69, 9.17) is 5.10 Å². The highest BCUT2D eigenvalue weighted by Gasteiger charge is 2.22. The number of anilines is 2. The van der Waals surface area contributed by atoms with Crippen LogP contribution in [0.25, 0.3) is 5.69 Å². The molecule has 1 aromatic heterocycles. The molecule has 3 rings (SSSR count). The number of aryl methyl sites for hydroxylation is 4. The van der Waals surface area contributed by atoms with Crippen LogP contribution < -0.4 is 16.0 Å². The first-order valence-corrected chi connectivity index (χ1v) is 11.0. The molecule has 0 saturated heterocycles.